The highest BCUT2D eigenvalue weighted by Crippen LogP contribution is 2.29. The molecule has 112 valence electrons. The van der Waals surface area contributed by atoms with Gasteiger partial charge in [-0.2, -0.15) is 0 Å². The summed E-state index contributed by atoms with van der Waals surface area (Å²) in [5.74, 6) is 0.668. The first kappa shape index (κ1) is 15.9. The van der Waals surface area contributed by atoms with E-state index in [-0.39, 0.29) is 11.9 Å². The number of rotatable bonds is 5. The van der Waals surface area contributed by atoms with Crippen molar-refractivity contribution in [3.05, 3.63) is 34.1 Å². The Morgan fingerprint density at radius 3 is 2.75 bits per heavy atom. The molecule has 2 nitrogen and oxygen atoms in total. The number of nitrogens with zero attached hydrogens (tertiary/aromatic N) is 1. The van der Waals surface area contributed by atoms with E-state index in [2.05, 4.69) is 40.0 Å². The number of likely N-dealkylation sites (tertiary alicyclic amines) is 1. The van der Waals surface area contributed by atoms with Crippen molar-refractivity contribution in [2.45, 2.75) is 32.7 Å². The van der Waals surface area contributed by atoms with Gasteiger partial charge in [-0.15, -0.1) is 0 Å². The minimum atomic E-state index is -0.101. The molecule has 1 fully saturated rings. The molecule has 0 spiro atoms. The highest BCUT2D eigenvalue weighted by Gasteiger charge is 2.24. The SMILES string of the molecule is CCNCC1CCN(C(C)c2cc(Br)ccc2F)CC1. The van der Waals surface area contributed by atoms with Crippen LogP contribution in [0.2, 0.25) is 0 Å². The van der Waals surface area contributed by atoms with Crippen LogP contribution in [0.15, 0.2) is 22.7 Å². The van der Waals surface area contributed by atoms with Crippen LogP contribution < -0.4 is 5.32 Å². The van der Waals surface area contributed by atoms with Gasteiger partial charge in [0.15, 0.2) is 0 Å². The molecule has 20 heavy (non-hydrogen) atoms. The van der Waals surface area contributed by atoms with Gasteiger partial charge in [0.05, 0.1) is 0 Å². The number of hydrogen-bond acceptors (Lipinski definition) is 2. The summed E-state index contributed by atoms with van der Waals surface area (Å²) in [4.78, 5) is 2.40. The number of piperidine rings is 1. The van der Waals surface area contributed by atoms with Crippen LogP contribution in [0.4, 0.5) is 4.39 Å². The molecular formula is C16H24BrFN2. The van der Waals surface area contributed by atoms with Crippen molar-refractivity contribution in [3.63, 3.8) is 0 Å². The van der Waals surface area contributed by atoms with Crippen LogP contribution in [0, 0.1) is 11.7 Å². The summed E-state index contributed by atoms with van der Waals surface area (Å²) in [6, 6.07) is 5.36. The molecule has 1 saturated heterocycles. The van der Waals surface area contributed by atoms with Crippen LogP contribution in [-0.2, 0) is 0 Å². The van der Waals surface area contributed by atoms with Crippen molar-refractivity contribution in [3.8, 4) is 0 Å². The van der Waals surface area contributed by atoms with E-state index < -0.39 is 0 Å². The maximum absolute atomic E-state index is 14.0. The number of nitrogens with one attached hydrogen (secondary N) is 1. The smallest absolute Gasteiger partial charge is 0.128 e. The molecular weight excluding hydrogens is 319 g/mol. The minimum absolute atomic E-state index is 0.101. The summed E-state index contributed by atoms with van der Waals surface area (Å²) in [5.41, 5.74) is 0.796. The summed E-state index contributed by atoms with van der Waals surface area (Å²) < 4.78 is 14.9. The third-order valence-corrected chi connectivity index (χ3v) is 4.78. The zero-order valence-corrected chi connectivity index (χ0v) is 13.9. The Morgan fingerprint density at radius 2 is 2.10 bits per heavy atom. The highest BCUT2D eigenvalue weighted by atomic mass is 79.9. The van der Waals surface area contributed by atoms with Crippen molar-refractivity contribution in [2.24, 2.45) is 5.92 Å². The first-order chi connectivity index (χ1) is 9.61. The fourth-order valence-corrected chi connectivity index (χ4v) is 3.30. The monoisotopic (exact) mass is 342 g/mol. The molecule has 0 saturated carbocycles. The second-order valence-electron chi connectivity index (χ2n) is 5.63. The van der Waals surface area contributed by atoms with Crippen molar-refractivity contribution in [1.82, 2.24) is 10.2 Å². The van der Waals surface area contributed by atoms with E-state index in [1.807, 2.05) is 6.07 Å². The van der Waals surface area contributed by atoms with E-state index in [0.29, 0.717) is 0 Å². The van der Waals surface area contributed by atoms with Gasteiger partial charge in [0.1, 0.15) is 5.82 Å². The van der Waals surface area contributed by atoms with Gasteiger partial charge in [0, 0.05) is 16.1 Å². The van der Waals surface area contributed by atoms with Crippen LogP contribution in [0.5, 0.6) is 0 Å². The predicted molar refractivity (Wildman–Crippen MR) is 85.4 cm³/mol. The van der Waals surface area contributed by atoms with Gasteiger partial charge >= 0.3 is 0 Å². The Kier molecular flexibility index (Phi) is 6.00. The predicted octanol–water partition coefficient (Wildman–Crippen LogP) is 3.97. The van der Waals surface area contributed by atoms with Crippen LogP contribution in [0.3, 0.4) is 0 Å². The Balaban J connectivity index is 1.94. The maximum atomic E-state index is 14.0. The van der Waals surface area contributed by atoms with E-state index in [4.69, 9.17) is 0 Å². The summed E-state index contributed by atoms with van der Waals surface area (Å²) >= 11 is 3.43. The molecule has 1 unspecified atom stereocenters. The molecule has 1 N–H and O–H groups in total. The third-order valence-electron chi connectivity index (χ3n) is 4.29. The van der Waals surface area contributed by atoms with Gasteiger partial charge < -0.3 is 5.32 Å². The average Bonchev–Trinajstić information content (AvgIpc) is 2.47. The van der Waals surface area contributed by atoms with Crippen molar-refractivity contribution < 1.29 is 4.39 Å². The zero-order chi connectivity index (χ0) is 14.5. The van der Waals surface area contributed by atoms with Crippen molar-refractivity contribution in [2.75, 3.05) is 26.2 Å². The summed E-state index contributed by atoms with van der Waals surface area (Å²) in [7, 11) is 0. The molecule has 1 heterocycles. The summed E-state index contributed by atoms with van der Waals surface area (Å²) in [5, 5.41) is 3.43. The largest absolute Gasteiger partial charge is 0.317 e. The van der Waals surface area contributed by atoms with Crippen LogP contribution in [0.25, 0.3) is 0 Å². The van der Waals surface area contributed by atoms with E-state index in [9.17, 15) is 4.39 Å². The van der Waals surface area contributed by atoms with Crippen LogP contribution >= 0.6 is 15.9 Å². The standard InChI is InChI=1S/C16H24BrFN2/c1-3-19-11-13-6-8-20(9-7-13)12(2)15-10-14(17)4-5-16(15)18/h4-5,10,12-13,19H,3,6-9,11H2,1-2H3. The molecule has 4 heteroatoms. The van der Waals surface area contributed by atoms with E-state index >= 15 is 0 Å². The summed E-state index contributed by atoms with van der Waals surface area (Å²) in [6.45, 7) is 8.53. The molecule has 0 bridgehead atoms. The molecule has 2 rings (SSSR count). The Hall–Kier alpha value is -0.450. The molecule has 1 aliphatic rings. The molecule has 1 aromatic rings. The topological polar surface area (TPSA) is 15.3 Å². The number of hydrogen-bond donors (Lipinski definition) is 1. The molecule has 1 aromatic carbocycles. The molecule has 0 aliphatic carbocycles. The quantitative estimate of drug-likeness (QED) is 0.870. The Bertz CT molecular complexity index is 430. The molecule has 1 aliphatic heterocycles. The molecule has 1 atom stereocenters. The second-order valence-corrected chi connectivity index (χ2v) is 6.54. The maximum Gasteiger partial charge on any atom is 0.128 e. The fourth-order valence-electron chi connectivity index (χ4n) is 2.92. The third kappa shape index (κ3) is 4.03. The minimum Gasteiger partial charge on any atom is -0.317 e. The van der Waals surface area contributed by atoms with Crippen molar-refractivity contribution >= 4 is 15.9 Å². The number of benzene rings is 1. The lowest BCUT2D eigenvalue weighted by atomic mass is 9.94. The average molecular weight is 343 g/mol. The normalized spacial score (nSPS) is 19.2. The summed E-state index contributed by atoms with van der Waals surface area (Å²) in [6.07, 6.45) is 2.40. The van der Waals surface area contributed by atoms with Gasteiger partial charge in [0.2, 0.25) is 0 Å². The lowest BCUT2D eigenvalue weighted by molar-refractivity contribution is 0.138. The van der Waals surface area contributed by atoms with Crippen LogP contribution in [0.1, 0.15) is 38.3 Å². The lowest BCUT2D eigenvalue weighted by Crippen LogP contribution is -2.38. The first-order valence-electron chi connectivity index (χ1n) is 7.51. The fraction of sp³-hybridized carbons (Fsp3) is 0.625. The Morgan fingerprint density at radius 1 is 1.40 bits per heavy atom. The second kappa shape index (κ2) is 7.53. The van der Waals surface area contributed by atoms with Gasteiger partial charge in [-0.25, -0.2) is 4.39 Å². The lowest BCUT2D eigenvalue weighted by Gasteiger charge is -2.36. The van der Waals surface area contributed by atoms with Gasteiger partial charge in [-0.05, 0) is 70.1 Å². The van der Waals surface area contributed by atoms with Crippen LogP contribution in [-0.4, -0.2) is 31.1 Å². The van der Waals surface area contributed by atoms with Gasteiger partial charge in [-0.3, -0.25) is 4.90 Å². The highest BCUT2D eigenvalue weighted by molar-refractivity contribution is 9.10. The van der Waals surface area contributed by atoms with E-state index in [1.165, 1.54) is 12.8 Å². The Labute approximate surface area is 129 Å². The molecule has 0 radical (unpaired) electrons. The van der Waals surface area contributed by atoms with Gasteiger partial charge in [0.25, 0.3) is 0 Å². The van der Waals surface area contributed by atoms with E-state index in [1.54, 1.807) is 12.1 Å². The molecule has 0 amide bonds. The zero-order valence-electron chi connectivity index (χ0n) is 12.3. The first-order valence-corrected chi connectivity index (χ1v) is 8.30. The number of halogens is 2. The van der Waals surface area contributed by atoms with Gasteiger partial charge in [-0.1, -0.05) is 22.9 Å². The van der Waals surface area contributed by atoms with E-state index in [0.717, 1.165) is 42.1 Å². The van der Waals surface area contributed by atoms with Crippen molar-refractivity contribution in [1.29, 1.82) is 0 Å². The molecule has 0 aromatic heterocycles.